The predicted octanol–water partition coefficient (Wildman–Crippen LogP) is 7.09. The van der Waals surface area contributed by atoms with E-state index in [0.717, 1.165) is 43.1 Å². The third-order valence-corrected chi connectivity index (χ3v) is 7.49. The van der Waals surface area contributed by atoms with Crippen molar-refractivity contribution >= 4 is 5.91 Å². The molecule has 3 atom stereocenters. The molecule has 2 saturated carbocycles. The van der Waals surface area contributed by atoms with Gasteiger partial charge >= 0.3 is 0 Å². The number of benzene rings is 1. The van der Waals surface area contributed by atoms with E-state index in [1.807, 2.05) is 30.3 Å². The molecular weight excluding hydrogens is 368 g/mol. The first-order valence-corrected chi connectivity index (χ1v) is 12.5. The largest absolute Gasteiger partial charge is 0.336 e. The number of nitriles is 1. The molecule has 0 radical (unpaired) electrons. The summed E-state index contributed by atoms with van der Waals surface area (Å²) in [6.07, 6.45) is 19.5. The van der Waals surface area contributed by atoms with E-state index >= 15 is 0 Å². The number of carbonyl (C=O) groups is 1. The van der Waals surface area contributed by atoms with Gasteiger partial charge in [0.25, 0.3) is 0 Å². The molecule has 1 aromatic carbocycles. The van der Waals surface area contributed by atoms with Gasteiger partial charge in [0.15, 0.2) is 0 Å². The van der Waals surface area contributed by atoms with Crippen molar-refractivity contribution in [1.29, 1.82) is 5.26 Å². The molecule has 0 aliphatic heterocycles. The van der Waals surface area contributed by atoms with E-state index in [4.69, 9.17) is 0 Å². The van der Waals surface area contributed by atoms with E-state index < -0.39 is 6.04 Å². The Morgan fingerprint density at radius 2 is 1.27 bits per heavy atom. The van der Waals surface area contributed by atoms with Gasteiger partial charge in [-0.05, 0) is 30.2 Å². The zero-order chi connectivity index (χ0) is 21.0. The minimum Gasteiger partial charge on any atom is -0.336 e. The highest BCUT2D eigenvalue weighted by atomic mass is 16.1. The van der Waals surface area contributed by atoms with E-state index in [0.29, 0.717) is 0 Å². The van der Waals surface area contributed by atoms with Crippen LogP contribution in [0.25, 0.3) is 0 Å². The molecule has 0 saturated heterocycles. The fourth-order valence-electron chi connectivity index (χ4n) is 5.68. The molecule has 3 rings (SSSR count). The zero-order valence-corrected chi connectivity index (χ0v) is 18.7. The highest BCUT2D eigenvalue weighted by molar-refractivity contribution is 5.79. The fourth-order valence-corrected chi connectivity index (χ4v) is 5.68. The SMILES string of the molecule is N#CC(NC(=O)C1CCCCC(C2CCCCCCCC2)CCC1)c1ccccc1. The number of amides is 1. The topological polar surface area (TPSA) is 52.9 Å². The van der Waals surface area contributed by atoms with Crippen LogP contribution in [0.1, 0.15) is 108 Å². The van der Waals surface area contributed by atoms with E-state index in [1.54, 1.807) is 0 Å². The van der Waals surface area contributed by atoms with Gasteiger partial charge in [0.05, 0.1) is 6.07 Å². The van der Waals surface area contributed by atoms with Crippen LogP contribution >= 0.6 is 0 Å². The summed E-state index contributed by atoms with van der Waals surface area (Å²) >= 11 is 0. The summed E-state index contributed by atoms with van der Waals surface area (Å²) in [7, 11) is 0. The van der Waals surface area contributed by atoms with Crippen molar-refractivity contribution in [2.75, 3.05) is 0 Å². The normalized spacial score (nSPS) is 25.8. The molecule has 30 heavy (non-hydrogen) atoms. The molecule has 1 N–H and O–H groups in total. The molecule has 0 aromatic heterocycles. The summed E-state index contributed by atoms with van der Waals surface area (Å²) in [6, 6.07) is 11.3. The van der Waals surface area contributed by atoms with Crippen LogP contribution in [0.2, 0.25) is 0 Å². The van der Waals surface area contributed by atoms with E-state index in [1.165, 1.54) is 70.6 Å². The Kier molecular flexibility index (Phi) is 9.74. The monoisotopic (exact) mass is 408 g/mol. The summed E-state index contributed by atoms with van der Waals surface area (Å²) in [5, 5.41) is 12.6. The lowest BCUT2D eigenvalue weighted by Gasteiger charge is -2.27. The lowest BCUT2D eigenvalue weighted by atomic mass is 9.79. The Balaban J connectivity index is 1.53. The van der Waals surface area contributed by atoms with Crippen molar-refractivity contribution in [3.63, 3.8) is 0 Å². The molecule has 2 fully saturated rings. The molecule has 2 aliphatic rings. The molecule has 3 nitrogen and oxygen atoms in total. The van der Waals surface area contributed by atoms with Gasteiger partial charge in [0.1, 0.15) is 6.04 Å². The van der Waals surface area contributed by atoms with Crippen LogP contribution in [0, 0.1) is 29.1 Å². The van der Waals surface area contributed by atoms with Gasteiger partial charge in [-0.15, -0.1) is 0 Å². The number of hydrogen-bond donors (Lipinski definition) is 1. The van der Waals surface area contributed by atoms with Gasteiger partial charge < -0.3 is 5.32 Å². The van der Waals surface area contributed by atoms with Crippen LogP contribution in [-0.2, 0) is 4.79 Å². The molecule has 164 valence electrons. The summed E-state index contributed by atoms with van der Waals surface area (Å²) in [4.78, 5) is 13.0. The molecule has 0 bridgehead atoms. The lowest BCUT2D eigenvalue weighted by molar-refractivity contribution is -0.125. The van der Waals surface area contributed by atoms with Crippen molar-refractivity contribution in [2.45, 2.75) is 102 Å². The zero-order valence-electron chi connectivity index (χ0n) is 18.7. The summed E-state index contributed by atoms with van der Waals surface area (Å²) < 4.78 is 0. The van der Waals surface area contributed by atoms with E-state index in [2.05, 4.69) is 11.4 Å². The molecule has 1 amide bonds. The first kappa shape index (κ1) is 22.9. The second kappa shape index (κ2) is 12.8. The maximum Gasteiger partial charge on any atom is 0.224 e. The third kappa shape index (κ3) is 7.15. The van der Waals surface area contributed by atoms with Crippen LogP contribution in [0.15, 0.2) is 30.3 Å². The minimum atomic E-state index is -0.544. The molecule has 3 unspecified atom stereocenters. The molecule has 1 aromatic rings. The number of hydrogen-bond acceptors (Lipinski definition) is 2. The van der Waals surface area contributed by atoms with E-state index in [9.17, 15) is 10.1 Å². The van der Waals surface area contributed by atoms with Crippen molar-refractivity contribution in [2.24, 2.45) is 17.8 Å². The van der Waals surface area contributed by atoms with Crippen LogP contribution < -0.4 is 5.32 Å². The average Bonchev–Trinajstić information content (AvgIpc) is 2.99. The Morgan fingerprint density at radius 3 is 1.90 bits per heavy atom. The number of nitrogens with one attached hydrogen (secondary N) is 1. The van der Waals surface area contributed by atoms with Gasteiger partial charge in [-0.2, -0.15) is 5.26 Å². The highest BCUT2D eigenvalue weighted by Gasteiger charge is 2.26. The average molecular weight is 409 g/mol. The van der Waals surface area contributed by atoms with Crippen LogP contribution in [-0.4, -0.2) is 5.91 Å². The van der Waals surface area contributed by atoms with Crippen molar-refractivity contribution in [3.05, 3.63) is 35.9 Å². The molecular formula is C27H40N2O. The first-order chi connectivity index (χ1) is 14.8. The second-order valence-corrected chi connectivity index (χ2v) is 9.61. The fraction of sp³-hybridized carbons (Fsp3) is 0.704. The van der Waals surface area contributed by atoms with Crippen molar-refractivity contribution in [1.82, 2.24) is 5.32 Å². The smallest absolute Gasteiger partial charge is 0.224 e. The summed E-state index contributed by atoms with van der Waals surface area (Å²) in [5.41, 5.74) is 0.872. The first-order valence-electron chi connectivity index (χ1n) is 12.5. The Labute approximate surface area is 183 Å². The van der Waals surface area contributed by atoms with Crippen LogP contribution in [0.5, 0.6) is 0 Å². The predicted molar refractivity (Wildman–Crippen MR) is 123 cm³/mol. The van der Waals surface area contributed by atoms with Crippen LogP contribution in [0.4, 0.5) is 0 Å². The quantitative estimate of drug-likeness (QED) is 0.578. The van der Waals surface area contributed by atoms with Crippen LogP contribution in [0.3, 0.4) is 0 Å². The summed E-state index contributed by atoms with van der Waals surface area (Å²) in [6.45, 7) is 0. The second-order valence-electron chi connectivity index (χ2n) is 9.61. The van der Waals surface area contributed by atoms with Gasteiger partial charge in [-0.25, -0.2) is 0 Å². The highest BCUT2D eigenvalue weighted by Crippen LogP contribution is 2.36. The Morgan fingerprint density at radius 1 is 0.767 bits per heavy atom. The standard InChI is InChI=1S/C27H40N2O/c28-21-26(24-16-8-5-9-17-24)29-27(30)25-18-11-10-15-23(19-12-20-25)22-13-6-3-1-2-4-7-14-22/h5,8-9,16-17,22-23,25-26H,1-4,6-7,10-15,18-20H2,(H,29,30). The number of nitrogens with zero attached hydrogens (tertiary/aromatic N) is 1. The molecule has 2 aliphatic carbocycles. The molecule has 0 heterocycles. The maximum atomic E-state index is 13.0. The Bertz CT molecular complexity index is 655. The van der Waals surface area contributed by atoms with Gasteiger partial charge in [0.2, 0.25) is 5.91 Å². The van der Waals surface area contributed by atoms with Crippen molar-refractivity contribution in [3.8, 4) is 6.07 Å². The van der Waals surface area contributed by atoms with Gasteiger partial charge in [-0.1, -0.05) is 114 Å². The minimum absolute atomic E-state index is 0.0591. The third-order valence-electron chi connectivity index (χ3n) is 7.49. The van der Waals surface area contributed by atoms with Gasteiger partial charge in [0, 0.05) is 5.92 Å². The lowest BCUT2D eigenvalue weighted by Crippen LogP contribution is -2.33. The maximum absolute atomic E-state index is 13.0. The van der Waals surface area contributed by atoms with Gasteiger partial charge in [-0.3, -0.25) is 4.79 Å². The Hall–Kier alpha value is -1.82. The number of carbonyl (C=O) groups excluding carboxylic acids is 1. The summed E-state index contributed by atoms with van der Waals surface area (Å²) in [5.74, 6) is 1.91. The molecule has 3 heteroatoms. The molecule has 0 spiro atoms. The van der Waals surface area contributed by atoms with Crippen molar-refractivity contribution < 1.29 is 4.79 Å². The van der Waals surface area contributed by atoms with E-state index in [-0.39, 0.29) is 11.8 Å². The number of rotatable bonds is 4.